The predicted molar refractivity (Wildman–Crippen MR) is 97.4 cm³/mol. The normalized spacial score (nSPS) is 18.8. The Balaban J connectivity index is 1.44. The Morgan fingerprint density at radius 3 is 2.75 bits per heavy atom. The van der Waals surface area contributed by atoms with Crippen molar-refractivity contribution in [3.63, 3.8) is 0 Å². The Bertz CT molecular complexity index is 891. The Morgan fingerprint density at radius 2 is 1.93 bits per heavy atom. The summed E-state index contributed by atoms with van der Waals surface area (Å²) < 4.78 is 35.8. The third-order valence-electron chi connectivity index (χ3n) is 4.87. The van der Waals surface area contributed by atoms with Gasteiger partial charge in [0.05, 0.1) is 11.3 Å². The standard InChI is InChI=1S/C20H21F2N3O3/c1-14-5-2-6-15(23-14)13-24-9-4-10-25(12-11-24)19(26)16-7-3-8-17-18(16)28-20(21,22)27-17/h2-3,5-8H,4,9-13H2,1H3. The minimum atomic E-state index is -3.74. The van der Waals surface area contributed by atoms with Gasteiger partial charge in [-0.15, -0.1) is 8.78 Å². The summed E-state index contributed by atoms with van der Waals surface area (Å²) in [5, 5.41) is 0. The molecule has 1 aromatic heterocycles. The van der Waals surface area contributed by atoms with E-state index in [0.717, 1.165) is 24.4 Å². The van der Waals surface area contributed by atoms with Crippen molar-refractivity contribution < 1.29 is 23.0 Å². The number of fused-ring (bicyclic) bond motifs is 1. The van der Waals surface area contributed by atoms with E-state index >= 15 is 0 Å². The van der Waals surface area contributed by atoms with Crippen LogP contribution in [-0.2, 0) is 6.54 Å². The lowest BCUT2D eigenvalue weighted by molar-refractivity contribution is -0.286. The molecule has 28 heavy (non-hydrogen) atoms. The van der Waals surface area contributed by atoms with Gasteiger partial charge < -0.3 is 14.4 Å². The van der Waals surface area contributed by atoms with E-state index in [9.17, 15) is 13.6 Å². The summed E-state index contributed by atoms with van der Waals surface area (Å²) in [4.78, 5) is 21.4. The molecule has 0 N–H and O–H groups in total. The molecule has 0 saturated carbocycles. The summed E-state index contributed by atoms with van der Waals surface area (Å²) in [6.45, 7) is 5.25. The summed E-state index contributed by atoms with van der Waals surface area (Å²) in [5.41, 5.74) is 2.07. The van der Waals surface area contributed by atoms with E-state index in [0.29, 0.717) is 26.2 Å². The highest BCUT2D eigenvalue weighted by Gasteiger charge is 2.45. The molecule has 2 aromatic rings. The maximum Gasteiger partial charge on any atom is 0.586 e. The highest BCUT2D eigenvalue weighted by molar-refractivity contribution is 5.98. The minimum Gasteiger partial charge on any atom is -0.395 e. The molecule has 0 atom stereocenters. The smallest absolute Gasteiger partial charge is 0.395 e. The summed E-state index contributed by atoms with van der Waals surface area (Å²) in [6, 6.07) is 10.3. The molecule has 1 saturated heterocycles. The van der Waals surface area contributed by atoms with E-state index in [1.807, 2.05) is 25.1 Å². The molecule has 3 heterocycles. The predicted octanol–water partition coefficient (Wildman–Crippen LogP) is 3.06. The lowest BCUT2D eigenvalue weighted by Gasteiger charge is -2.22. The number of ether oxygens (including phenoxy) is 2. The number of pyridine rings is 1. The molecular formula is C20H21F2N3O3. The van der Waals surface area contributed by atoms with Gasteiger partial charge in [-0.05, 0) is 37.6 Å². The van der Waals surface area contributed by atoms with Crippen LogP contribution in [0, 0.1) is 6.92 Å². The van der Waals surface area contributed by atoms with Crippen molar-refractivity contribution in [2.75, 3.05) is 26.2 Å². The van der Waals surface area contributed by atoms with Crippen LogP contribution in [0.5, 0.6) is 11.5 Å². The average Bonchev–Trinajstić information content (AvgIpc) is 2.81. The summed E-state index contributed by atoms with van der Waals surface area (Å²) >= 11 is 0. The van der Waals surface area contributed by atoms with E-state index < -0.39 is 6.29 Å². The van der Waals surface area contributed by atoms with Crippen LogP contribution < -0.4 is 9.47 Å². The first kappa shape index (κ1) is 18.6. The number of carbonyl (C=O) groups is 1. The van der Waals surface area contributed by atoms with Crippen molar-refractivity contribution >= 4 is 5.91 Å². The van der Waals surface area contributed by atoms with E-state index in [2.05, 4.69) is 19.4 Å². The molecule has 2 aliphatic rings. The highest BCUT2D eigenvalue weighted by atomic mass is 19.3. The molecule has 4 rings (SSSR count). The van der Waals surface area contributed by atoms with E-state index in [1.54, 1.807) is 4.90 Å². The molecule has 0 unspecified atom stereocenters. The zero-order valence-corrected chi connectivity index (χ0v) is 15.5. The molecule has 0 spiro atoms. The number of halogens is 2. The molecular weight excluding hydrogens is 368 g/mol. The lowest BCUT2D eigenvalue weighted by Crippen LogP contribution is -2.35. The third-order valence-corrected chi connectivity index (χ3v) is 4.87. The molecule has 0 radical (unpaired) electrons. The van der Waals surface area contributed by atoms with Crippen LogP contribution in [0.25, 0.3) is 0 Å². The lowest BCUT2D eigenvalue weighted by atomic mass is 10.1. The molecule has 1 aromatic carbocycles. The first-order valence-electron chi connectivity index (χ1n) is 9.24. The zero-order valence-electron chi connectivity index (χ0n) is 15.5. The number of hydrogen-bond acceptors (Lipinski definition) is 5. The fraction of sp³-hybridized carbons (Fsp3) is 0.400. The second-order valence-electron chi connectivity index (χ2n) is 6.99. The number of hydrogen-bond donors (Lipinski definition) is 0. The van der Waals surface area contributed by atoms with Crippen LogP contribution >= 0.6 is 0 Å². The van der Waals surface area contributed by atoms with Crippen LogP contribution in [0.1, 0.15) is 28.2 Å². The van der Waals surface area contributed by atoms with Crippen molar-refractivity contribution in [3.05, 3.63) is 53.3 Å². The fourth-order valence-electron chi connectivity index (χ4n) is 3.56. The number of rotatable bonds is 3. The molecule has 1 amide bonds. The summed E-state index contributed by atoms with van der Waals surface area (Å²) in [5.74, 6) is -0.630. The Labute approximate surface area is 161 Å². The maximum absolute atomic E-state index is 13.4. The Kier molecular flexibility index (Phi) is 4.89. The molecule has 6 nitrogen and oxygen atoms in total. The van der Waals surface area contributed by atoms with Crippen LogP contribution in [0.15, 0.2) is 36.4 Å². The summed E-state index contributed by atoms with van der Waals surface area (Å²) in [6.07, 6.45) is -2.95. The van der Waals surface area contributed by atoms with Crippen molar-refractivity contribution in [1.82, 2.24) is 14.8 Å². The quantitative estimate of drug-likeness (QED) is 0.808. The first-order chi connectivity index (χ1) is 13.4. The topological polar surface area (TPSA) is 54.9 Å². The Hall–Kier alpha value is -2.74. The van der Waals surface area contributed by atoms with Crippen LogP contribution in [-0.4, -0.2) is 53.2 Å². The monoisotopic (exact) mass is 389 g/mol. The van der Waals surface area contributed by atoms with Crippen molar-refractivity contribution in [2.24, 2.45) is 0 Å². The summed E-state index contributed by atoms with van der Waals surface area (Å²) in [7, 11) is 0. The number of benzene rings is 1. The van der Waals surface area contributed by atoms with Crippen LogP contribution in [0.4, 0.5) is 8.78 Å². The third kappa shape index (κ3) is 3.91. The molecule has 0 bridgehead atoms. The van der Waals surface area contributed by atoms with Gasteiger partial charge in [-0.25, -0.2) is 0 Å². The van der Waals surface area contributed by atoms with Crippen molar-refractivity contribution in [1.29, 1.82) is 0 Å². The van der Waals surface area contributed by atoms with Gasteiger partial charge in [0.15, 0.2) is 11.5 Å². The first-order valence-corrected chi connectivity index (χ1v) is 9.24. The second-order valence-corrected chi connectivity index (χ2v) is 6.99. The molecule has 148 valence electrons. The second kappa shape index (κ2) is 7.35. The van der Waals surface area contributed by atoms with Gasteiger partial charge in [0, 0.05) is 38.4 Å². The Morgan fingerprint density at radius 1 is 1.11 bits per heavy atom. The number of para-hydroxylation sites is 1. The fourth-order valence-corrected chi connectivity index (χ4v) is 3.56. The number of amides is 1. The zero-order chi connectivity index (χ0) is 19.7. The van der Waals surface area contributed by atoms with Gasteiger partial charge in [-0.1, -0.05) is 12.1 Å². The van der Waals surface area contributed by atoms with Crippen molar-refractivity contribution in [3.8, 4) is 11.5 Å². The van der Waals surface area contributed by atoms with Gasteiger partial charge >= 0.3 is 6.29 Å². The van der Waals surface area contributed by atoms with Gasteiger partial charge in [0.25, 0.3) is 5.91 Å². The SMILES string of the molecule is Cc1cccc(CN2CCCN(C(=O)c3cccc4c3OC(F)(F)O4)CC2)n1. The van der Waals surface area contributed by atoms with Gasteiger partial charge in [-0.3, -0.25) is 14.7 Å². The van der Waals surface area contributed by atoms with Crippen LogP contribution in [0.2, 0.25) is 0 Å². The largest absolute Gasteiger partial charge is 0.586 e. The number of carbonyl (C=O) groups excluding carboxylic acids is 1. The highest BCUT2D eigenvalue weighted by Crippen LogP contribution is 2.43. The van der Waals surface area contributed by atoms with Gasteiger partial charge in [0.1, 0.15) is 0 Å². The van der Waals surface area contributed by atoms with Crippen molar-refractivity contribution in [2.45, 2.75) is 26.2 Å². The molecule has 0 aliphatic carbocycles. The van der Waals surface area contributed by atoms with Crippen LogP contribution in [0.3, 0.4) is 0 Å². The number of nitrogens with zero attached hydrogens (tertiary/aromatic N) is 3. The minimum absolute atomic E-state index is 0.100. The number of aryl methyl sites for hydroxylation is 1. The maximum atomic E-state index is 13.4. The number of alkyl halides is 2. The average molecular weight is 389 g/mol. The van der Waals surface area contributed by atoms with E-state index in [4.69, 9.17) is 0 Å². The number of aromatic nitrogens is 1. The van der Waals surface area contributed by atoms with Gasteiger partial charge in [-0.2, -0.15) is 0 Å². The molecule has 1 fully saturated rings. The molecule has 2 aliphatic heterocycles. The molecule has 8 heteroatoms. The van der Waals surface area contributed by atoms with Gasteiger partial charge in [0.2, 0.25) is 0 Å². The van der Waals surface area contributed by atoms with E-state index in [1.165, 1.54) is 18.2 Å². The van der Waals surface area contributed by atoms with E-state index in [-0.39, 0.29) is 23.0 Å².